The molecule has 28 heavy (non-hydrogen) atoms. The van der Waals surface area contributed by atoms with Crippen LogP contribution >= 0.6 is 11.8 Å². The van der Waals surface area contributed by atoms with Crippen molar-refractivity contribution in [3.63, 3.8) is 0 Å². The lowest BCUT2D eigenvalue weighted by molar-refractivity contribution is -0.128. The first-order valence-electron chi connectivity index (χ1n) is 9.11. The van der Waals surface area contributed by atoms with Crippen molar-refractivity contribution in [3.8, 4) is 5.75 Å². The molecule has 1 aliphatic heterocycles. The second kappa shape index (κ2) is 9.03. The highest BCUT2D eigenvalue weighted by atomic mass is 32.2. The monoisotopic (exact) mass is 408 g/mol. The average molecular weight is 408 g/mol. The van der Waals surface area contributed by atoms with Gasteiger partial charge in [0.1, 0.15) is 17.4 Å². The molecule has 7 heteroatoms. The van der Waals surface area contributed by atoms with Crippen molar-refractivity contribution in [2.75, 3.05) is 6.61 Å². The van der Waals surface area contributed by atoms with E-state index in [2.05, 4.69) is 0 Å². The molecule has 2 unspecified atom stereocenters. The summed E-state index contributed by atoms with van der Waals surface area (Å²) < 4.78 is 34.0. The highest BCUT2D eigenvalue weighted by Crippen LogP contribution is 2.35. The van der Waals surface area contributed by atoms with Crippen molar-refractivity contribution in [3.05, 3.63) is 64.7 Å². The van der Waals surface area contributed by atoms with Gasteiger partial charge in [-0.2, -0.15) is 0 Å². The number of carbonyl (C=O) groups excluding carboxylic acids is 1. The van der Waals surface area contributed by atoms with Gasteiger partial charge >= 0.3 is 0 Å². The van der Waals surface area contributed by atoms with E-state index in [0.717, 1.165) is 35.4 Å². The zero-order chi connectivity index (χ0) is 20.3. The van der Waals surface area contributed by atoms with Crippen LogP contribution in [0.15, 0.2) is 36.4 Å². The van der Waals surface area contributed by atoms with Gasteiger partial charge in [0, 0.05) is 24.5 Å². The molecule has 1 saturated heterocycles. The van der Waals surface area contributed by atoms with Crippen molar-refractivity contribution in [1.82, 2.24) is 0 Å². The molecule has 0 bridgehead atoms. The second-order valence-electron chi connectivity index (χ2n) is 6.73. The van der Waals surface area contributed by atoms with Crippen molar-refractivity contribution >= 4 is 17.5 Å². The number of Topliss-reactive ketones (excluding diaryl/α,β-unsaturated/α-hetero) is 1. The maximum absolute atomic E-state index is 14.5. The number of thioether (sulfide) groups is 1. The molecule has 3 rings (SSSR count). The van der Waals surface area contributed by atoms with Crippen LogP contribution in [0.2, 0.25) is 0 Å². The van der Waals surface area contributed by atoms with Gasteiger partial charge in [-0.3, -0.25) is 4.79 Å². The molecule has 0 saturated carbocycles. The van der Waals surface area contributed by atoms with E-state index in [-0.39, 0.29) is 18.6 Å². The SMILES string of the molecule is CCc1ccc(Cc2cc(F)cc(F)c2OC2C[C@@H](O)C(=O)C(CO)S2)cc1. The first-order chi connectivity index (χ1) is 13.4. The molecule has 4 nitrogen and oxygen atoms in total. The van der Waals surface area contributed by atoms with Gasteiger partial charge in [-0.1, -0.05) is 31.2 Å². The third-order valence-corrected chi connectivity index (χ3v) is 6.01. The summed E-state index contributed by atoms with van der Waals surface area (Å²) in [4.78, 5) is 11.8. The first kappa shape index (κ1) is 20.8. The molecular weight excluding hydrogens is 386 g/mol. The van der Waals surface area contributed by atoms with E-state index in [1.54, 1.807) is 0 Å². The van der Waals surface area contributed by atoms with Gasteiger partial charge < -0.3 is 14.9 Å². The number of ether oxygens (including phenoxy) is 1. The number of aryl methyl sites for hydroxylation is 1. The van der Waals surface area contributed by atoms with Crippen molar-refractivity contribution in [2.45, 2.75) is 43.0 Å². The molecule has 1 fully saturated rings. The van der Waals surface area contributed by atoms with Crippen molar-refractivity contribution in [1.29, 1.82) is 0 Å². The molecule has 1 aliphatic rings. The lowest BCUT2D eigenvalue weighted by atomic mass is 10.0. The summed E-state index contributed by atoms with van der Waals surface area (Å²) in [5.74, 6) is -2.11. The first-order valence-corrected chi connectivity index (χ1v) is 10.1. The summed E-state index contributed by atoms with van der Waals surface area (Å²) in [7, 11) is 0. The molecular formula is C21H22F2O4S. The van der Waals surface area contributed by atoms with Crippen LogP contribution in [0.3, 0.4) is 0 Å². The molecule has 0 spiro atoms. The Kier molecular flexibility index (Phi) is 6.69. The fourth-order valence-electron chi connectivity index (χ4n) is 3.15. The van der Waals surface area contributed by atoms with Crippen LogP contribution in [0.5, 0.6) is 5.75 Å². The molecule has 2 N–H and O–H groups in total. The summed E-state index contributed by atoms with van der Waals surface area (Å²) in [6.45, 7) is 1.60. The third-order valence-electron chi connectivity index (χ3n) is 4.70. The Morgan fingerprint density at radius 1 is 1.18 bits per heavy atom. The zero-order valence-corrected chi connectivity index (χ0v) is 16.2. The van der Waals surface area contributed by atoms with E-state index < -0.39 is 40.8 Å². The number of ketones is 1. The van der Waals surface area contributed by atoms with Crippen molar-refractivity contribution < 1.29 is 28.5 Å². The minimum Gasteiger partial charge on any atom is -0.476 e. The molecule has 0 amide bonds. The van der Waals surface area contributed by atoms with Gasteiger partial charge in [-0.25, -0.2) is 8.78 Å². The second-order valence-corrected chi connectivity index (χ2v) is 8.10. The van der Waals surface area contributed by atoms with Gasteiger partial charge in [0.25, 0.3) is 0 Å². The summed E-state index contributed by atoms with van der Waals surface area (Å²) in [6.07, 6.45) is -0.135. The Hall–Kier alpha value is -1.96. The largest absolute Gasteiger partial charge is 0.476 e. The lowest BCUT2D eigenvalue weighted by Gasteiger charge is -2.30. The zero-order valence-electron chi connectivity index (χ0n) is 15.4. The Morgan fingerprint density at radius 2 is 1.86 bits per heavy atom. The van der Waals surface area contributed by atoms with E-state index >= 15 is 0 Å². The van der Waals surface area contributed by atoms with E-state index in [1.807, 2.05) is 31.2 Å². The van der Waals surface area contributed by atoms with Gasteiger partial charge in [0.15, 0.2) is 17.3 Å². The summed E-state index contributed by atoms with van der Waals surface area (Å²) in [5.41, 5.74) is 1.66. The fraction of sp³-hybridized carbons (Fsp3) is 0.381. The van der Waals surface area contributed by atoms with Gasteiger partial charge in [-0.15, -0.1) is 11.8 Å². The van der Waals surface area contributed by atoms with Crippen LogP contribution in [0.1, 0.15) is 30.0 Å². The quantitative estimate of drug-likeness (QED) is 0.768. The number of halogens is 2. The standard InChI is InChI=1S/C21H22F2O4S/c1-2-12-3-5-13(6-4-12)7-14-8-15(22)9-16(23)21(14)27-19-10-17(25)20(26)18(11-24)28-19/h3-6,8-9,17-19,24-25H,2,7,10-11H2,1H3/t17-,18?,19?/m1/s1. The minimum absolute atomic E-state index is 0.0263. The van der Waals surface area contributed by atoms with Crippen LogP contribution < -0.4 is 4.74 Å². The fourth-order valence-corrected chi connectivity index (χ4v) is 4.34. The van der Waals surface area contributed by atoms with Gasteiger partial charge in [-0.05, 0) is 23.6 Å². The van der Waals surface area contributed by atoms with Gasteiger partial charge in [0.2, 0.25) is 0 Å². The average Bonchev–Trinajstić information content (AvgIpc) is 2.67. The van der Waals surface area contributed by atoms with Crippen LogP contribution in [-0.2, 0) is 17.6 Å². The Morgan fingerprint density at radius 3 is 2.50 bits per heavy atom. The minimum atomic E-state index is -1.28. The molecule has 0 aromatic heterocycles. The Balaban J connectivity index is 1.85. The summed E-state index contributed by atoms with van der Waals surface area (Å²) in [6, 6.07) is 9.73. The normalized spacial score (nSPS) is 22.3. The maximum Gasteiger partial charge on any atom is 0.176 e. The predicted molar refractivity (Wildman–Crippen MR) is 103 cm³/mol. The number of benzene rings is 2. The number of aliphatic hydroxyl groups excluding tert-OH is 2. The number of hydrogen-bond acceptors (Lipinski definition) is 5. The summed E-state index contributed by atoms with van der Waals surface area (Å²) >= 11 is 1.03. The van der Waals surface area contributed by atoms with Crippen LogP contribution in [0.25, 0.3) is 0 Å². The van der Waals surface area contributed by atoms with E-state index in [1.165, 1.54) is 6.07 Å². The van der Waals surface area contributed by atoms with Crippen LogP contribution in [0, 0.1) is 11.6 Å². The highest BCUT2D eigenvalue weighted by molar-refractivity contribution is 8.01. The Labute approximate surface area is 166 Å². The maximum atomic E-state index is 14.5. The molecule has 150 valence electrons. The number of aliphatic hydroxyl groups is 2. The van der Waals surface area contributed by atoms with Crippen LogP contribution in [-0.4, -0.2) is 39.4 Å². The Bertz CT molecular complexity index is 841. The smallest absolute Gasteiger partial charge is 0.176 e. The predicted octanol–water partition coefficient (Wildman–Crippen LogP) is 3.25. The number of hydrogen-bond donors (Lipinski definition) is 2. The highest BCUT2D eigenvalue weighted by Gasteiger charge is 2.37. The van der Waals surface area contributed by atoms with Crippen molar-refractivity contribution in [2.24, 2.45) is 0 Å². The van der Waals surface area contributed by atoms with E-state index in [4.69, 9.17) is 4.74 Å². The molecule has 1 heterocycles. The molecule has 0 radical (unpaired) electrons. The molecule has 2 aromatic carbocycles. The van der Waals surface area contributed by atoms with E-state index in [9.17, 15) is 23.8 Å². The molecule has 2 aromatic rings. The lowest BCUT2D eigenvalue weighted by Crippen LogP contribution is -2.42. The molecule has 0 aliphatic carbocycles. The topological polar surface area (TPSA) is 66.8 Å². The number of rotatable bonds is 6. The molecule has 3 atom stereocenters. The van der Waals surface area contributed by atoms with Gasteiger partial charge in [0.05, 0.1) is 11.9 Å². The van der Waals surface area contributed by atoms with Crippen LogP contribution in [0.4, 0.5) is 8.78 Å². The number of carbonyl (C=O) groups is 1. The van der Waals surface area contributed by atoms with E-state index in [0.29, 0.717) is 5.56 Å². The third kappa shape index (κ3) is 4.71. The summed E-state index contributed by atoms with van der Waals surface area (Å²) in [5, 5.41) is 18.4.